The van der Waals surface area contributed by atoms with Crippen LogP contribution in [0.5, 0.6) is 11.5 Å². The molecule has 29 heavy (non-hydrogen) atoms. The second-order valence-electron chi connectivity index (χ2n) is 7.55. The van der Waals surface area contributed by atoms with Crippen molar-refractivity contribution < 1.29 is 17.9 Å². The third-order valence-electron chi connectivity index (χ3n) is 5.66. The van der Waals surface area contributed by atoms with E-state index in [-0.39, 0.29) is 11.2 Å². The summed E-state index contributed by atoms with van der Waals surface area (Å²) in [5, 5.41) is 0.547. The maximum atomic E-state index is 12.8. The standard InChI is InChI=1S/C21H21NO5S2/c1-26-16-11-22(13-5-6-13)18-15(19(16)23)8-7-14(20(18)27-2)17-10-12-4-3-9-29(24,25)21(12)28-17/h7-8,10-11,13H,3-6,9H2,1-2H3. The number of aromatic nitrogens is 1. The first kappa shape index (κ1) is 18.7. The highest BCUT2D eigenvalue weighted by Gasteiger charge is 2.30. The van der Waals surface area contributed by atoms with Gasteiger partial charge in [0.15, 0.2) is 21.3 Å². The van der Waals surface area contributed by atoms with Crippen LogP contribution in [0.4, 0.5) is 0 Å². The molecule has 2 aromatic heterocycles. The Labute approximate surface area is 172 Å². The van der Waals surface area contributed by atoms with Gasteiger partial charge in [0.05, 0.1) is 37.1 Å². The second kappa shape index (κ2) is 6.60. The second-order valence-corrected chi connectivity index (χ2v) is 10.9. The van der Waals surface area contributed by atoms with E-state index < -0.39 is 9.84 Å². The van der Waals surface area contributed by atoms with Crippen molar-refractivity contribution in [1.82, 2.24) is 4.57 Å². The molecule has 3 heterocycles. The molecule has 1 saturated carbocycles. The lowest BCUT2D eigenvalue weighted by atomic mass is 10.1. The van der Waals surface area contributed by atoms with Gasteiger partial charge >= 0.3 is 0 Å². The van der Waals surface area contributed by atoms with Gasteiger partial charge in [-0.15, -0.1) is 11.3 Å². The Hall–Kier alpha value is -2.32. The van der Waals surface area contributed by atoms with E-state index in [9.17, 15) is 13.2 Å². The summed E-state index contributed by atoms with van der Waals surface area (Å²) >= 11 is 1.30. The number of hydrogen-bond acceptors (Lipinski definition) is 6. The molecule has 2 aliphatic rings. The normalized spacial score (nSPS) is 17.9. The van der Waals surface area contributed by atoms with E-state index in [1.54, 1.807) is 19.4 Å². The first-order valence-corrected chi connectivity index (χ1v) is 12.1. The molecule has 0 saturated heterocycles. The predicted molar refractivity (Wildman–Crippen MR) is 113 cm³/mol. The summed E-state index contributed by atoms with van der Waals surface area (Å²) in [6.45, 7) is 0. The Balaban J connectivity index is 1.80. The van der Waals surface area contributed by atoms with Crippen LogP contribution in [0.1, 0.15) is 30.9 Å². The number of ether oxygens (including phenoxy) is 2. The Kier molecular flexibility index (Phi) is 4.25. The van der Waals surface area contributed by atoms with E-state index in [0.29, 0.717) is 33.6 Å². The van der Waals surface area contributed by atoms with Crippen LogP contribution in [-0.2, 0) is 16.3 Å². The molecule has 0 radical (unpaired) electrons. The van der Waals surface area contributed by atoms with Crippen molar-refractivity contribution in [2.45, 2.75) is 35.9 Å². The van der Waals surface area contributed by atoms with Crippen LogP contribution >= 0.6 is 11.3 Å². The van der Waals surface area contributed by atoms with Crippen molar-refractivity contribution in [3.8, 4) is 21.9 Å². The highest BCUT2D eigenvalue weighted by Crippen LogP contribution is 2.46. The van der Waals surface area contributed by atoms with Gasteiger partial charge < -0.3 is 14.0 Å². The number of nitrogens with zero attached hydrogens (tertiary/aromatic N) is 1. The van der Waals surface area contributed by atoms with Crippen LogP contribution in [0.25, 0.3) is 21.3 Å². The molecule has 1 aromatic carbocycles. The summed E-state index contributed by atoms with van der Waals surface area (Å²) in [7, 11) is -0.119. The Bertz CT molecular complexity index is 1300. The molecule has 0 N–H and O–H groups in total. The molecular weight excluding hydrogens is 410 g/mol. The molecule has 0 bridgehead atoms. The molecule has 3 aromatic rings. The number of hydrogen-bond donors (Lipinski definition) is 0. The maximum absolute atomic E-state index is 12.8. The molecule has 8 heteroatoms. The topological polar surface area (TPSA) is 74.6 Å². The maximum Gasteiger partial charge on any atom is 0.231 e. The monoisotopic (exact) mass is 431 g/mol. The number of fused-ring (bicyclic) bond motifs is 2. The minimum absolute atomic E-state index is 0.169. The summed E-state index contributed by atoms with van der Waals surface area (Å²) < 4.78 is 38.6. The molecule has 152 valence electrons. The highest BCUT2D eigenvalue weighted by atomic mass is 32.2. The molecule has 1 fully saturated rings. The van der Waals surface area contributed by atoms with Crippen LogP contribution in [0.3, 0.4) is 0 Å². The number of benzene rings is 1. The van der Waals surface area contributed by atoms with Crippen LogP contribution in [0.2, 0.25) is 0 Å². The van der Waals surface area contributed by atoms with Gasteiger partial charge in [-0.1, -0.05) is 0 Å². The first-order valence-electron chi connectivity index (χ1n) is 9.60. The van der Waals surface area contributed by atoms with Gasteiger partial charge in [-0.3, -0.25) is 4.79 Å². The van der Waals surface area contributed by atoms with Crippen molar-refractivity contribution >= 4 is 32.1 Å². The third kappa shape index (κ3) is 2.88. The molecule has 0 spiro atoms. The van der Waals surface area contributed by atoms with Gasteiger partial charge in [-0.2, -0.15) is 0 Å². The molecule has 1 aliphatic heterocycles. The van der Waals surface area contributed by atoms with Crippen LogP contribution in [-0.4, -0.2) is 33.0 Å². The van der Waals surface area contributed by atoms with E-state index in [4.69, 9.17) is 9.47 Å². The number of sulfone groups is 1. The van der Waals surface area contributed by atoms with E-state index in [0.717, 1.165) is 40.8 Å². The summed E-state index contributed by atoms with van der Waals surface area (Å²) in [4.78, 5) is 13.7. The molecule has 5 rings (SSSR count). The van der Waals surface area contributed by atoms with Gasteiger partial charge in [0.2, 0.25) is 5.43 Å². The minimum atomic E-state index is -3.21. The molecule has 6 nitrogen and oxygen atoms in total. The number of aryl methyl sites for hydroxylation is 1. The number of methoxy groups -OCH3 is 2. The van der Waals surface area contributed by atoms with Crippen molar-refractivity contribution in [3.05, 3.63) is 40.2 Å². The van der Waals surface area contributed by atoms with Crippen molar-refractivity contribution in [2.75, 3.05) is 20.0 Å². The van der Waals surface area contributed by atoms with Crippen molar-refractivity contribution in [2.24, 2.45) is 0 Å². The molecular formula is C21H21NO5S2. The lowest BCUT2D eigenvalue weighted by molar-refractivity contribution is 0.404. The number of rotatable bonds is 4. The zero-order valence-electron chi connectivity index (χ0n) is 16.2. The van der Waals surface area contributed by atoms with Crippen LogP contribution in [0, 0.1) is 0 Å². The third-order valence-corrected chi connectivity index (χ3v) is 9.33. The van der Waals surface area contributed by atoms with Gasteiger partial charge in [-0.05, 0) is 49.4 Å². The van der Waals surface area contributed by atoms with E-state index in [1.165, 1.54) is 18.4 Å². The smallest absolute Gasteiger partial charge is 0.231 e. The average Bonchev–Trinajstić information content (AvgIpc) is 3.45. The van der Waals surface area contributed by atoms with E-state index >= 15 is 0 Å². The molecule has 0 unspecified atom stereocenters. The summed E-state index contributed by atoms with van der Waals surface area (Å²) in [5.41, 5.74) is 2.27. The van der Waals surface area contributed by atoms with Crippen molar-refractivity contribution in [1.29, 1.82) is 0 Å². The first-order chi connectivity index (χ1) is 13.9. The van der Waals surface area contributed by atoms with Gasteiger partial charge in [0.25, 0.3) is 0 Å². The Morgan fingerprint density at radius 2 is 1.97 bits per heavy atom. The fourth-order valence-corrected chi connectivity index (χ4v) is 7.37. The summed E-state index contributed by atoms with van der Waals surface area (Å²) in [6.07, 6.45) is 5.27. The van der Waals surface area contributed by atoms with Crippen LogP contribution in [0.15, 0.2) is 33.4 Å². The molecule has 0 amide bonds. The van der Waals surface area contributed by atoms with E-state index in [1.807, 2.05) is 12.1 Å². The SMILES string of the molecule is COc1cn(C2CC2)c2c(OC)c(-c3cc4c(s3)S(=O)(=O)CCC4)ccc2c1=O. The zero-order chi connectivity index (χ0) is 20.3. The predicted octanol–water partition coefficient (Wildman–Crippen LogP) is 3.80. The largest absolute Gasteiger partial charge is 0.494 e. The van der Waals surface area contributed by atoms with Gasteiger partial charge in [0, 0.05) is 16.5 Å². The van der Waals surface area contributed by atoms with E-state index in [2.05, 4.69) is 4.57 Å². The zero-order valence-corrected chi connectivity index (χ0v) is 17.9. The lowest BCUT2D eigenvalue weighted by Gasteiger charge is -2.17. The van der Waals surface area contributed by atoms with Gasteiger partial charge in [0.1, 0.15) is 4.21 Å². The number of pyridine rings is 1. The average molecular weight is 432 g/mol. The minimum Gasteiger partial charge on any atom is -0.494 e. The lowest BCUT2D eigenvalue weighted by Crippen LogP contribution is -2.13. The summed E-state index contributed by atoms with van der Waals surface area (Å²) in [5.74, 6) is 1.12. The quantitative estimate of drug-likeness (QED) is 0.628. The highest BCUT2D eigenvalue weighted by molar-refractivity contribution is 7.93. The number of thiophene rings is 1. The fourth-order valence-electron chi connectivity index (χ4n) is 4.11. The Morgan fingerprint density at radius 1 is 1.17 bits per heavy atom. The fraction of sp³-hybridized carbons (Fsp3) is 0.381. The van der Waals surface area contributed by atoms with Crippen LogP contribution < -0.4 is 14.9 Å². The Morgan fingerprint density at radius 3 is 2.62 bits per heavy atom. The van der Waals surface area contributed by atoms with Gasteiger partial charge in [-0.25, -0.2) is 8.42 Å². The molecule has 0 atom stereocenters. The van der Waals surface area contributed by atoms with Crippen molar-refractivity contribution in [3.63, 3.8) is 0 Å². The summed E-state index contributed by atoms with van der Waals surface area (Å²) in [6, 6.07) is 5.92. The molecule has 1 aliphatic carbocycles.